The number of benzene rings is 2. The van der Waals surface area contributed by atoms with Crippen LogP contribution >= 0.6 is 35.0 Å². The largest absolute Gasteiger partial charge is 0.342 e. The normalized spacial score (nSPS) is 12.2. The van der Waals surface area contributed by atoms with Crippen LogP contribution in [0.1, 0.15) is 41.6 Å². The first-order chi connectivity index (χ1) is 13.9. The summed E-state index contributed by atoms with van der Waals surface area (Å²) >= 11 is 13.6. The number of amides is 1. The fourth-order valence-electron chi connectivity index (χ4n) is 2.84. The molecule has 3 aromatic rings. The van der Waals surface area contributed by atoms with E-state index in [4.69, 9.17) is 23.2 Å². The molecule has 1 amide bonds. The average Bonchev–Trinajstić information content (AvgIpc) is 3.07. The van der Waals surface area contributed by atoms with Crippen LogP contribution in [0.3, 0.4) is 0 Å². The van der Waals surface area contributed by atoms with Gasteiger partial charge in [0.05, 0.1) is 16.1 Å². The SMILES string of the molecule is CC(C)[C@@H](NC(=O)c1ccccc1)c1nnc(SCc2ccc(Cl)c(Cl)c2)n1C. The molecular weight excluding hydrogens is 427 g/mol. The van der Waals surface area contributed by atoms with Crippen molar-refractivity contribution in [2.45, 2.75) is 30.8 Å². The zero-order chi connectivity index (χ0) is 21.0. The van der Waals surface area contributed by atoms with Crippen LogP contribution in [0.4, 0.5) is 0 Å². The number of rotatable bonds is 7. The summed E-state index contributed by atoms with van der Waals surface area (Å²) in [5.74, 6) is 1.43. The van der Waals surface area contributed by atoms with Crippen LogP contribution in [0.15, 0.2) is 53.7 Å². The van der Waals surface area contributed by atoms with Gasteiger partial charge >= 0.3 is 0 Å². The van der Waals surface area contributed by atoms with E-state index in [9.17, 15) is 4.79 Å². The molecule has 0 fully saturated rings. The molecule has 0 spiro atoms. The molecule has 0 aliphatic carbocycles. The summed E-state index contributed by atoms with van der Waals surface area (Å²) in [6.45, 7) is 4.10. The second-order valence-corrected chi connectivity index (χ2v) is 8.76. The van der Waals surface area contributed by atoms with Gasteiger partial charge in [0.1, 0.15) is 0 Å². The van der Waals surface area contributed by atoms with Gasteiger partial charge in [-0.05, 0) is 35.7 Å². The van der Waals surface area contributed by atoms with Crippen molar-refractivity contribution in [2.75, 3.05) is 0 Å². The van der Waals surface area contributed by atoms with Crippen molar-refractivity contribution in [1.82, 2.24) is 20.1 Å². The summed E-state index contributed by atoms with van der Waals surface area (Å²) in [5, 5.41) is 13.6. The molecule has 152 valence electrons. The van der Waals surface area contributed by atoms with Crippen molar-refractivity contribution < 1.29 is 4.79 Å². The second-order valence-electron chi connectivity index (χ2n) is 7.00. The number of carbonyl (C=O) groups is 1. The number of carbonyl (C=O) groups excluding carboxylic acids is 1. The van der Waals surface area contributed by atoms with Gasteiger partial charge in [-0.3, -0.25) is 4.79 Å². The lowest BCUT2D eigenvalue weighted by Crippen LogP contribution is -2.33. The third-order valence-corrected chi connectivity index (χ3v) is 6.32. The molecule has 0 bridgehead atoms. The van der Waals surface area contributed by atoms with Gasteiger partial charge in [0, 0.05) is 18.4 Å². The minimum atomic E-state index is -0.250. The minimum Gasteiger partial charge on any atom is -0.342 e. The molecule has 0 aliphatic rings. The Labute approximate surface area is 184 Å². The van der Waals surface area contributed by atoms with Crippen LogP contribution in [0.5, 0.6) is 0 Å². The lowest BCUT2D eigenvalue weighted by Gasteiger charge is -2.21. The first-order valence-electron chi connectivity index (χ1n) is 9.18. The van der Waals surface area contributed by atoms with Gasteiger partial charge in [0.15, 0.2) is 11.0 Å². The highest BCUT2D eigenvalue weighted by molar-refractivity contribution is 7.98. The van der Waals surface area contributed by atoms with Crippen LogP contribution in [-0.4, -0.2) is 20.7 Å². The Kier molecular flexibility index (Phi) is 7.22. The fourth-order valence-corrected chi connectivity index (χ4v) is 4.03. The predicted octanol–water partition coefficient (Wildman–Crippen LogP) is 5.54. The van der Waals surface area contributed by atoms with E-state index in [2.05, 4.69) is 15.5 Å². The molecule has 0 radical (unpaired) electrons. The molecule has 0 saturated heterocycles. The molecule has 29 heavy (non-hydrogen) atoms. The monoisotopic (exact) mass is 448 g/mol. The summed E-state index contributed by atoms with van der Waals surface area (Å²) < 4.78 is 1.93. The quantitative estimate of drug-likeness (QED) is 0.481. The lowest BCUT2D eigenvalue weighted by atomic mass is 10.0. The minimum absolute atomic E-state index is 0.127. The van der Waals surface area contributed by atoms with Crippen molar-refractivity contribution in [3.8, 4) is 0 Å². The van der Waals surface area contributed by atoms with Crippen LogP contribution in [-0.2, 0) is 12.8 Å². The molecule has 1 atom stereocenters. The first-order valence-corrected chi connectivity index (χ1v) is 10.9. The van der Waals surface area contributed by atoms with E-state index < -0.39 is 0 Å². The van der Waals surface area contributed by atoms with E-state index in [1.54, 1.807) is 30.0 Å². The number of halogens is 2. The van der Waals surface area contributed by atoms with E-state index in [1.807, 2.05) is 55.8 Å². The maximum Gasteiger partial charge on any atom is 0.251 e. The zero-order valence-electron chi connectivity index (χ0n) is 16.4. The van der Waals surface area contributed by atoms with Crippen molar-refractivity contribution >= 4 is 40.9 Å². The molecule has 3 rings (SSSR count). The van der Waals surface area contributed by atoms with E-state index in [0.717, 1.165) is 16.5 Å². The van der Waals surface area contributed by atoms with E-state index in [0.29, 0.717) is 21.4 Å². The van der Waals surface area contributed by atoms with Gasteiger partial charge in [0.2, 0.25) is 0 Å². The Morgan fingerprint density at radius 1 is 1.10 bits per heavy atom. The summed E-state index contributed by atoms with van der Waals surface area (Å²) in [7, 11) is 1.91. The predicted molar refractivity (Wildman–Crippen MR) is 119 cm³/mol. The number of nitrogens with one attached hydrogen (secondary N) is 1. The maximum absolute atomic E-state index is 12.6. The number of thioether (sulfide) groups is 1. The highest BCUT2D eigenvalue weighted by Gasteiger charge is 2.25. The van der Waals surface area contributed by atoms with E-state index in [1.165, 1.54) is 0 Å². The highest BCUT2D eigenvalue weighted by atomic mass is 35.5. The van der Waals surface area contributed by atoms with Crippen LogP contribution in [0.2, 0.25) is 10.0 Å². The topological polar surface area (TPSA) is 59.8 Å². The molecular formula is C21H22Cl2N4OS. The molecule has 0 unspecified atom stereocenters. The van der Waals surface area contributed by atoms with Gasteiger partial charge in [0.25, 0.3) is 5.91 Å². The first kappa shape index (κ1) is 21.7. The summed E-state index contributed by atoms with van der Waals surface area (Å²) in [6.07, 6.45) is 0. The van der Waals surface area contributed by atoms with Gasteiger partial charge in [-0.15, -0.1) is 10.2 Å². The molecule has 0 aliphatic heterocycles. The molecule has 1 N–H and O–H groups in total. The molecule has 1 heterocycles. The number of hydrogen-bond acceptors (Lipinski definition) is 4. The smallest absolute Gasteiger partial charge is 0.251 e. The van der Waals surface area contributed by atoms with Crippen molar-refractivity contribution in [3.63, 3.8) is 0 Å². The van der Waals surface area contributed by atoms with Gasteiger partial charge in [-0.1, -0.05) is 73.1 Å². The van der Waals surface area contributed by atoms with Crippen molar-refractivity contribution in [1.29, 1.82) is 0 Å². The van der Waals surface area contributed by atoms with Crippen molar-refractivity contribution in [3.05, 3.63) is 75.5 Å². The average molecular weight is 449 g/mol. The Morgan fingerprint density at radius 2 is 1.83 bits per heavy atom. The lowest BCUT2D eigenvalue weighted by molar-refractivity contribution is 0.0922. The van der Waals surface area contributed by atoms with Crippen LogP contribution in [0.25, 0.3) is 0 Å². The standard InChI is InChI=1S/C21H22Cl2N4OS/c1-13(2)18(24-20(28)15-7-5-4-6-8-15)19-25-26-21(27(19)3)29-12-14-9-10-16(22)17(23)11-14/h4-11,13,18H,12H2,1-3H3,(H,24,28)/t18-/m1/s1. The van der Waals surface area contributed by atoms with E-state index in [-0.39, 0.29) is 17.9 Å². The van der Waals surface area contributed by atoms with Gasteiger partial charge < -0.3 is 9.88 Å². The molecule has 0 saturated carbocycles. The van der Waals surface area contributed by atoms with Crippen LogP contribution < -0.4 is 5.32 Å². The Hall–Kier alpha value is -2.02. The summed E-state index contributed by atoms with van der Waals surface area (Å²) in [4.78, 5) is 12.6. The number of nitrogens with zero attached hydrogens (tertiary/aromatic N) is 3. The number of hydrogen-bond donors (Lipinski definition) is 1. The maximum atomic E-state index is 12.6. The van der Waals surface area contributed by atoms with E-state index >= 15 is 0 Å². The van der Waals surface area contributed by atoms with Crippen LogP contribution in [0, 0.1) is 5.92 Å². The zero-order valence-corrected chi connectivity index (χ0v) is 18.7. The van der Waals surface area contributed by atoms with Gasteiger partial charge in [-0.2, -0.15) is 0 Å². The Bertz CT molecular complexity index is 992. The fraction of sp³-hybridized carbons (Fsp3) is 0.286. The summed E-state index contributed by atoms with van der Waals surface area (Å²) in [6, 6.07) is 14.5. The number of aromatic nitrogens is 3. The van der Waals surface area contributed by atoms with Crippen molar-refractivity contribution in [2.24, 2.45) is 13.0 Å². The highest BCUT2D eigenvalue weighted by Crippen LogP contribution is 2.29. The summed E-state index contributed by atoms with van der Waals surface area (Å²) in [5.41, 5.74) is 1.67. The third-order valence-electron chi connectivity index (χ3n) is 4.49. The molecule has 8 heteroatoms. The molecule has 2 aromatic carbocycles. The second kappa shape index (κ2) is 9.65. The van der Waals surface area contributed by atoms with Gasteiger partial charge in [-0.25, -0.2) is 0 Å². The molecule has 1 aromatic heterocycles. The molecule has 5 nitrogen and oxygen atoms in total. The Balaban J connectivity index is 1.74. The third kappa shape index (κ3) is 5.32. The Morgan fingerprint density at radius 3 is 2.48 bits per heavy atom.